The van der Waals surface area contributed by atoms with Crippen LogP contribution in [-0.4, -0.2) is 17.1 Å². The highest BCUT2D eigenvalue weighted by Gasteiger charge is 2.12. The maximum Gasteiger partial charge on any atom is 0.149 e. The summed E-state index contributed by atoms with van der Waals surface area (Å²) in [4.78, 5) is 7.73. The van der Waals surface area contributed by atoms with E-state index in [1.54, 1.807) is 13.2 Å². The molecule has 3 aromatic carbocycles. The smallest absolute Gasteiger partial charge is 0.149 e. The number of aromatic nitrogens is 2. The molecule has 1 heterocycles. The Morgan fingerprint density at radius 2 is 2.03 bits per heavy atom. The first-order valence-corrected chi connectivity index (χ1v) is 10.6. The quantitative estimate of drug-likeness (QED) is 0.305. The van der Waals surface area contributed by atoms with Crippen LogP contribution < -0.4 is 9.47 Å². The number of nitriles is 1. The summed E-state index contributed by atoms with van der Waals surface area (Å²) >= 11 is 9.73. The van der Waals surface area contributed by atoms with Crippen LogP contribution in [0.5, 0.6) is 11.5 Å². The Morgan fingerprint density at radius 1 is 1.19 bits per heavy atom. The number of rotatable bonds is 6. The van der Waals surface area contributed by atoms with Crippen LogP contribution in [0.25, 0.3) is 22.7 Å². The number of hydrogen-bond donors (Lipinski definition) is 1. The van der Waals surface area contributed by atoms with Crippen molar-refractivity contribution in [1.82, 2.24) is 9.97 Å². The predicted octanol–water partition coefficient (Wildman–Crippen LogP) is 6.63. The molecule has 5 nitrogen and oxygen atoms in total. The van der Waals surface area contributed by atoms with Crippen molar-refractivity contribution in [2.24, 2.45) is 0 Å². The SMILES string of the molecule is COc1ccc2nc(/C(C#N)=C\c3cc(Br)ccc3OCc3ccccc3Cl)[nH]c2c1. The normalized spacial score (nSPS) is 11.4. The molecular formula is C24H17BrClN3O2. The second-order valence-corrected chi connectivity index (χ2v) is 8.02. The zero-order valence-electron chi connectivity index (χ0n) is 16.5. The topological polar surface area (TPSA) is 70.9 Å². The van der Waals surface area contributed by atoms with Crippen molar-refractivity contribution in [2.75, 3.05) is 7.11 Å². The molecule has 0 bridgehead atoms. The molecule has 154 valence electrons. The Hall–Kier alpha value is -3.27. The minimum Gasteiger partial charge on any atom is -0.497 e. The van der Waals surface area contributed by atoms with E-state index in [1.807, 2.05) is 60.7 Å². The Morgan fingerprint density at radius 3 is 2.81 bits per heavy atom. The molecule has 4 aromatic rings. The number of aromatic amines is 1. The zero-order chi connectivity index (χ0) is 21.8. The van der Waals surface area contributed by atoms with Gasteiger partial charge in [-0.2, -0.15) is 5.26 Å². The second kappa shape index (κ2) is 9.25. The number of imidazole rings is 1. The molecule has 0 spiro atoms. The summed E-state index contributed by atoms with van der Waals surface area (Å²) in [5.41, 5.74) is 3.56. The molecule has 7 heteroatoms. The number of nitrogens with zero attached hydrogens (tertiary/aromatic N) is 2. The third kappa shape index (κ3) is 4.74. The lowest BCUT2D eigenvalue weighted by Gasteiger charge is -2.11. The van der Waals surface area contributed by atoms with Crippen molar-refractivity contribution in [3.8, 4) is 17.6 Å². The first kappa shape index (κ1) is 21.0. The Balaban J connectivity index is 1.68. The van der Waals surface area contributed by atoms with Gasteiger partial charge in [-0.05, 0) is 42.5 Å². The summed E-state index contributed by atoms with van der Waals surface area (Å²) in [6.45, 7) is 0.314. The summed E-state index contributed by atoms with van der Waals surface area (Å²) in [6.07, 6.45) is 1.75. The van der Waals surface area contributed by atoms with Gasteiger partial charge in [-0.25, -0.2) is 4.98 Å². The van der Waals surface area contributed by atoms with Gasteiger partial charge in [0.15, 0.2) is 0 Å². The lowest BCUT2D eigenvalue weighted by Crippen LogP contribution is -1.98. The number of allylic oxidation sites excluding steroid dienone is 1. The number of H-pyrrole nitrogens is 1. The van der Waals surface area contributed by atoms with Crippen LogP contribution in [0.1, 0.15) is 17.0 Å². The van der Waals surface area contributed by atoms with Crippen LogP contribution in [0.2, 0.25) is 5.02 Å². The molecule has 1 aromatic heterocycles. The Kier molecular flexibility index (Phi) is 6.26. The fraction of sp³-hybridized carbons (Fsp3) is 0.0833. The van der Waals surface area contributed by atoms with Crippen molar-refractivity contribution < 1.29 is 9.47 Å². The van der Waals surface area contributed by atoms with Gasteiger partial charge in [0, 0.05) is 26.7 Å². The predicted molar refractivity (Wildman–Crippen MR) is 126 cm³/mol. The highest BCUT2D eigenvalue weighted by molar-refractivity contribution is 9.10. The van der Waals surface area contributed by atoms with Gasteiger partial charge in [-0.1, -0.05) is 45.7 Å². The minimum atomic E-state index is 0.314. The van der Waals surface area contributed by atoms with E-state index in [2.05, 4.69) is 32.0 Å². The molecule has 0 aliphatic carbocycles. The molecule has 0 saturated carbocycles. The van der Waals surface area contributed by atoms with Crippen molar-refractivity contribution in [2.45, 2.75) is 6.61 Å². The molecule has 0 fully saturated rings. The number of methoxy groups -OCH3 is 1. The van der Waals surface area contributed by atoms with E-state index in [0.717, 1.165) is 26.6 Å². The highest BCUT2D eigenvalue weighted by Crippen LogP contribution is 2.29. The minimum absolute atomic E-state index is 0.314. The fourth-order valence-electron chi connectivity index (χ4n) is 3.09. The highest BCUT2D eigenvalue weighted by atomic mass is 79.9. The van der Waals surface area contributed by atoms with E-state index in [9.17, 15) is 5.26 Å². The second-order valence-electron chi connectivity index (χ2n) is 6.70. The van der Waals surface area contributed by atoms with E-state index in [-0.39, 0.29) is 0 Å². The van der Waals surface area contributed by atoms with Gasteiger partial charge in [0.25, 0.3) is 0 Å². The lowest BCUT2D eigenvalue weighted by molar-refractivity contribution is 0.305. The number of halogens is 2. The maximum atomic E-state index is 9.80. The van der Waals surface area contributed by atoms with Crippen LogP contribution >= 0.6 is 27.5 Å². The molecule has 0 aliphatic heterocycles. The molecule has 0 atom stereocenters. The summed E-state index contributed by atoms with van der Waals surface area (Å²) in [5, 5.41) is 10.4. The zero-order valence-corrected chi connectivity index (χ0v) is 18.9. The van der Waals surface area contributed by atoms with Crippen LogP contribution in [0.3, 0.4) is 0 Å². The van der Waals surface area contributed by atoms with Gasteiger partial charge < -0.3 is 14.5 Å². The van der Waals surface area contributed by atoms with Gasteiger partial charge in [-0.15, -0.1) is 0 Å². The summed E-state index contributed by atoms with van der Waals surface area (Å²) in [5.74, 6) is 1.82. The molecular weight excluding hydrogens is 478 g/mol. The standard InChI is InChI=1S/C24H17BrClN3O2/c1-30-19-7-8-21-22(12-19)29-24(28-21)17(13-27)10-16-11-18(25)6-9-23(16)31-14-15-4-2-3-5-20(15)26/h2-12H,14H2,1H3,(H,28,29)/b17-10-. The first-order chi connectivity index (χ1) is 15.1. The van der Waals surface area contributed by atoms with Gasteiger partial charge >= 0.3 is 0 Å². The summed E-state index contributed by atoms with van der Waals surface area (Å²) in [7, 11) is 1.61. The third-order valence-corrected chi connectivity index (χ3v) is 5.54. The van der Waals surface area contributed by atoms with Crippen molar-refractivity contribution in [3.63, 3.8) is 0 Å². The number of ether oxygens (including phenoxy) is 2. The van der Waals surface area contributed by atoms with Crippen molar-refractivity contribution in [1.29, 1.82) is 5.26 Å². The number of benzene rings is 3. The summed E-state index contributed by atoms with van der Waals surface area (Å²) in [6, 6.07) is 20.9. The van der Waals surface area contributed by atoms with E-state index >= 15 is 0 Å². The fourth-order valence-corrected chi connectivity index (χ4v) is 3.66. The van der Waals surface area contributed by atoms with Crippen LogP contribution in [-0.2, 0) is 6.61 Å². The molecule has 4 rings (SSSR count). The van der Waals surface area contributed by atoms with Gasteiger partial charge in [0.05, 0.1) is 23.7 Å². The maximum absolute atomic E-state index is 9.80. The number of fused-ring (bicyclic) bond motifs is 1. The summed E-state index contributed by atoms with van der Waals surface area (Å²) < 4.78 is 12.2. The Bertz CT molecular complexity index is 1320. The molecule has 0 unspecified atom stereocenters. The van der Waals surface area contributed by atoms with Gasteiger partial charge in [0.2, 0.25) is 0 Å². The van der Waals surface area contributed by atoms with E-state index in [0.29, 0.717) is 34.5 Å². The molecule has 1 N–H and O–H groups in total. The molecule has 0 aliphatic rings. The van der Waals surface area contributed by atoms with Crippen molar-refractivity contribution >= 4 is 50.2 Å². The average molecular weight is 495 g/mol. The van der Waals surface area contributed by atoms with E-state index in [4.69, 9.17) is 21.1 Å². The first-order valence-electron chi connectivity index (χ1n) is 9.39. The van der Waals surface area contributed by atoms with Crippen LogP contribution in [0.15, 0.2) is 65.1 Å². The molecule has 0 amide bonds. The molecule has 0 radical (unpaired) electrons. The third-order valence-electron chi connectivity index (χ3n) is 4.68. The van der Waals surface area contributed by atoms with E-state index < -0.39 is 0 Å². The van der Waals surface area contributed by atoms with E-state index in [1.165, 1.54) is 0 Å². The van der Waals surface area contributed by atoms with Gasteiger partial charge in [-0.3, -0.25) is 0 Å². The molecule has 31 heavy (non-hydrogen) atoms. The average Bonchev–Trinajstić information content (AvgIpc) is 3.20. The van der Waals surface area contributed by atoms with Crippen LogP contribution in [0, 0.1) is 11.3 Å². The number of nitrogens with one attached hydrogen (secondary N) is 1. The van der Waals surface area contributed by atoms with Crippen molar-refractivity contribution in [3.05, 3.63) is 87.1 Å². The van der Waals surface area contributed by atoms with Crippen LogP contribution in [0.4, 0.5) is 0 Å². The monoisotopic (exact) mass is 493 g/mol. The molecule has 0 saturated heterocycles. The van der Waals surface area contributed by atoms with Gasteiger partial charge in [0.1, 0.15) is 30.0 Å². The number of hydrogen-bond acceptors (Lipinski definition) is 4. The lowest BCUT2D eigenvalue weighted by atomic mass is 10.1. The Labute approximate surface area is 193 Å². The largest absolute Gasteiger partial charge is 0.497 e.